The predicted octanol–water partition coefficient (Wildman–Crippen LogP) is 4.58. The first-order valence-corrected chi connectivity index (χ1v) is 18.0. The molecular formula is C38H42N10O4. The van der Waals surface area contributed by atoms with Crippen LogP contribution in [0.1, 0.15) is 97.5 Å². The number of hydrogen-bond acceptors (Lipinski definition) is 9. The van der Waals surface area contributed by atoms with Gasteiger partial charge in [-0.25, -0.2) is 14.8 Å². The van der Waals surface area contributed by atoms with Crippen molar-refractivity contribution in [1.82, 2.24) is 39.1 Å². The van der Waals surface area contributed by atoms with Gasteiger partial charge in [0.15, 0.2) is 0 Å². The Balaban J connectivity index is 0.000000162. The maximum atomic E-state index is 13.0. The molecule has 6 heterocycles. The highest BCUT2D eigenvalue weighted by Crippen LogP contribution is 2.34. The lowest BCUT2D eigenvalue weighted by atomic mass is 9.88. The summed E-state index contributed by atoms with van der Waals surface area (Å²) < 4.78 is 5.26. The third-order valence-electron chi connectivity index (χ3n) is 10.5. The van der Waals surface area contributed by atoms with Crippen LogP contribution in [0.5, 0.6) is 0 Å². The molecule has 2 aliphatic heterocycles. The number of carbonyl (C=O) groups excluding carboxylic acids is 3. The molecule has 0 spiro atoms. The van der Waals surface area contributed by atoms with E-state index < -0.39 is 11.9 Å². The Hall–Kier alpha value is -5.68. The van der Waals surface area contributed by atoms with Crippen LogP contribution >= 0.6 is 0 Å². The van der Waals surface area contributed by atoms with Gasteiger partial charge in [0.05, 0.1) is 23.3 Å². The fourth-order valence-electron chi connectivity index (χ4n) is 7.70. The minimum atomic E-state index is -0.628. The molecule has 1 aliphatic carbocycles. The number of hydrogen-bond donors (Lipinski definition) is 2. The molecule has 0 radical (unpaired) electrons. The number of aryl methyl sites for hydroxylation is 1. The number of nitrogens with zero attached hydrogens (tertiary/aromatic N) is 8. The lowest BCUT2D eigenvalue weighted by Crippen LogP contribution is -2.44. The number of carbonyl (C=O) groups is 3. The Kier molecular flexibility index (Phi) is 9.95. The van der Waals surface area contributed by atoms with Gasteiger partial charge in [-0.1, -0.05) is 37.5 Å². The molecule has 0 bridgehead atoms. The number of anilines is 1. The Bertz CT molecular complexity index is 2250. The Morgan fingerprint density at radius 3 is 2.50 bits per heavy atom. The zero-order valence-electron chi connectivity index (χ0n) is 29.4. The number of imidazole rings is 1. The fraction of sp³-hybridized carbons (Fsp3) is 0.421. The highest BCUT2D eigenvalue weighted by molar-refractivity contribution is 6.03. The van der Waals surface area contributed by atoms with E-state index in [9.17, 15) is 19.2 Å². The summed E-state index contributed by atoms with van der Waals surface area (Å²) in [4.78, 5) is 59.7. The minimum absolute atomic E-state index is 0.184. The Labute approximate surface area is 300 Å². The van der Waals surface area contributed by atoms with Gasteiger partial charge in [0.1, 0.15) is 34.8 Å². The van der Waals surface area contributed by atoms with Gasteiger partial charge in [-0.3, -0.25) is 33.5 Å². The molecule has 14 nitrogen and oxygen atoms in total. The van der Waals surface area contributed by atoms with Crippen LogP contribution < -0.4 is 16.3 Å². The molecule has 1 atom stereocenters. The molecule has 14 heteroatoms. The second-order valence-electron chi connectivity index (χ2n) is 14.0. The van der Waals surface area contributed by atoms with Gasteiger partial charge in [-0.15, -0.1) is 0 Å². The number of aromatic nitrogens is 6. The lowest BCUT2D eigenvalue weighted by molar-refractivity contribution is -0.135. The van der Waals surface area contributed by atoms with Crippen molar-refractivity contribution in [1.29, 1.82) is 5.26 Å². The van der Waals surface area contributed by atoms with Crippen molar-refractivity contribution in [2.24, 2.45) is 7.05 Å². The Morgan fingerprint density at radius 1 is 0.981 bits per heavy atom. The molecule has 2 N–H and O–H groups in total. The third-order valence-corrected chi connectivity index (χ3v) is 10.5. The molecule has 1 aromatic carbocycles. The first-order valence-electron chi connectivity index (χ1n) is 18.0. The number of rotatable bonds is 5. The van der Waals surface area contributed by atoms with E-state index in [1.165, 1.54) is 24.8 Å². The number of fused-ring (bicyclic) bond motifs is 2. The van der Waals surface area contributed by atoms with Gasteiger partial charge < -0.3 is 10.2 Å². The monoisotopic (exact) mass is 702 g/mol. The summed E-state index contributed by atoms with van der Waals surface area (Å²) in [6.07, 6.45) is 12.6. The van der Waals surface area contributed by atoms with Crippen molar-refractivity contribution in [3.63, 3.8) is 0 Å². The first-order chi connectivity index (χ1) is 25.2. The van der Waals surface area contributed by atoms with E-state index in [0.29, 0.717) is 24.2 Å². The average Bonchev–Trinajstić information content (AvgIpc) is 3.70. The van der Waals surface area contributed by atoms with E-state index in [2.05, 4.69) is 43.7 Å². The normalized spacial score (nSPS) is 18.8. The molecule has 5 aromatic rings. The van der Waals surface area contributed by atoms with E-state index in [0.717, 1.165) is 60.7 Å². The molecule has 4 aromatic heterocycles. The summed E-state index contributed by atoms with van der Waals surface area (Å²) in [5, 5.41) is 19.6. The number of nitrogens with one attached hydrogen (secondary N) is 2. The summed E-state index contributed by atoms with van der Waals surface area (Å²) in [6.45, 7) is 2.09. The highest BCUT2D eigenvalue weighted by Gasteiger charge is 2.32. The van der Waals surface area contributed by atoms with Crippen molar-refractivity contribution in [3.8, 4) is 6.07 Å². The maximum Gasteiger partial charge on any atom is 0.329 e. The van der Waals surface area contributed by atoms with Crippen LogP contribution in [0, 0.1) is 11.3 Å². The van der Waals surface area contributed by atoms with Crippen LogP contribution in [0.25, 0.3) is 21.9 Å². The van der Waals surface area contributed by atoms with Crippen molar-refractivity contribution in [2.45, 2.75) is 75.8 Å². The summed E-state index contributed by atoms with van der Waals surface area (Å²) in [5.74, 6) is -0.200. The predicted molar refractivity (Wildman–Crippen MR) is 195 cm³/mol. The number of piperidine rings is 2. The molecule has 3 fully saturated rings. The second kappa shape index (κ2) is 14.9. The van der Waals surface area contributed by atoms with Gasteiger partial charge in [0, 0.05) is 25.1 Å². The zero-order valence-corrected chi connectivity index (χ0v) is 29.4. The van der Waals surface area contributed by atoms with Gasteiger partial charge in [0.2, 0.25) is 11.8 Å². The largest absolute Gasteiger partial charge is 0.329 e. The summed E-state index contributed by atoms with van der Waals surface area (Å²) in [7, 11) is 3.90. The van der Waals surface area contributed by atoms with Crippen molar-refractivity contribution in [3.05, 3.63) is 82.3 Å². The van der Waals surface area contributed by atoms with E-state index >= 15 is 0 Å². The molecule has 3 aliphatic rings. The lowest BCUT2D eigenvalue weighted by Gasteiger charge is -2.29. The molecule has 52 heavy (non-hydrogen) atoms. The maximum absolute atomic E-state index is 13.0. The molecule has 8 rings (SSSR count). The van der Waals surface area contributed by atoms with Crippen LogP contribution in [0.15, 0.2) is 59.7 Å². The minimum Gasteiger partial charge on any atom is -0.306 e. The van der Waals surface area contributed by atoms with E-state index in [-0.39, 0.29) is 35.3 Å². The highest BCUT2D eigenvalue weighted by atomic mass is 16.2. The quantitative estimate of drug-likeness (QED) is 0.249. The molecule has 3 amide bonds. The molecule has 2 saturated heterocycles. The summed E-state index contributed by atoms with van der Waals surface area (Å²) in [5.41, 5.74) is 3.88. The standard InChI is InChI=1S/C19H18N6O.C19H24N4O3/c20-10-14-5-4-8-16(22-14)19(26)23-18-9-13-12-25(24-17(13)11-21-18)15-6-2-1-3-7-15;1-21-10-8-12(9-11-21)13-4-3-5-14-17(13)22(2)19(26)23(14)15-6-7-16(24)20-18(15)25/h4-5,8-9,11-12,15H,1-3,6-7H2,(H,23,26);3-5,12,15H,6-11H2,1-2H3,(H,20,24,25). The van der Waals surface area contributed by atoms with Crippen molar-refractivity contribution < 1.29 is 14.4 Å². The van der Waals surface area contributed by atoms with Crippen LogP contribution in [0.3, 0.4) is 0 Å². The smallest absolute Gasteiger partial charge is 0.306 e. The fourth-order valence-corrected chi connectivity index (χ4v) is 7.70. The molecular weight excluding hydrogens is 660 g/mol. The third kappa shape index (κ3) is 7.09. The first kappa shape index (κ1) is 34.8. The SMILES string of the molecule is CN1CCC(c2cccc3c2n(C)c(=O)n3C2CCC(=O)NC2=O)CC1.N#Cc1cccc(C(=O)Nc2cc3cn(C4CCCCC4)nc3cn2)n1. The average molecular weight is 703 g/mol. The van der Waals surface area contributed by atoms with Gasteiger partial charge >= 0.3 is 5.69 Å². The van der Waals surface area contributed by atoms with E-state index in [1.54, 1.807) is 40.6 Å². The number of imide groups is 1. The summed E-state index contributed by atoms with van der Waals surface area (Å²) >= 11 is 0. The number of likely N-dealkylation sites (tertiary alicyclic amines) is 1. The number of para-hydroxylation sites is 1. The van der Waals surface area contributed by atoms with Gasteiger partial charge in [-0.2, -0.15) is 10.4 Å². The number of nitriles is 1. The van der Waals surface area contributed by atoms with Gasteiger partial charge in [-0.05, 0) is 88.0 Å². The second-order valence-corrected chi connectivity index (χ2v) is 14.0. The number of amides is 3. The molecule has 1 unspecified atom stereocenters. The topological polar surface area (TPSA) is 173 Å². The number of pyridine rings is 2. The van der Waals surface area contributed by atoms with Crippen LogP contribution in [-0.2, 0) is 16.6 Å². The van der Waals surface area contributed by atoms with Crippen molar-refractivity contribution in [2.75, 3.05) is 25.5 Å². The molecule has 1 saturated carbocycles. The van der Waals surface area contributed by atoms with Crippen LogP contribution in [-0.4, -0.2) is 71.6 Å². The summed E-state index contributed by atoms with van der Waals surface area (Å²) in [6, 6.07) is 14.3. The zero-order chi connectivity index (χ0) is 36.4. The van der Waals surface area contributed by atoms with E-state index in [4.69, 9.17) is 5.26 Å². The van der Waals surface area contributed by atoms with Gasteiger partial charge in [0.25, 0.3) is 5.91 Å². The number of benzene rings is 1. The Morgan fingerprint density at radius 2 is 1.75 bits per heavy atom. The van der Waals surface area contributed by atoms with Crippen LogP contribution in [0.4, 0.5) is 5.82 Å². The molecule has 268 valence electrons. The van der Waals surface area contributed by atoms with Crippen LogP contribution in [0.2, 0.25) is 0 Å². The van der Waals surface area contributed by atoms with E-state index in [1.807, 2.05) is 35.1 Å². The van der Waals surface area contributed by atoms with Crippen molar-refractivity contribution >= 4 is 45.5 Å².